The van der Waals surface area contributed by atoms with Gasteiger partial charge in [-0.3, -0.25) is 15.1 Å². The first-order valence-corrected chi connectivity index (χ1v) is 7.67. The minimum Gasteiger partial charge on any atom is -0.492 e. The van der Waals surface area contributed by atoms with Gasteiger partial charge in [0.15, 0.2) is 0 Å². The molecule has 1 aromatic heterocycles. The molecule has 3 rings (SSSR count). The van der Waals surface area contributed by atoms with E-state index in [0.29, 0.717) is 29.1 Å². The van der Waals surface area contributed by atoms with Crippen LogP contribution in [0.15, 0.2) is 54.7 Å². The van der Waals surface area contributed by atoms with Gasteiger partial charge in [-0.1, -0.05) is 11.6 Å². The maximum atomic E-state index is 11.1. The van der Waals surface area contributed by atoms with E-state index in [1.165, 1.54) is 6.07 Å². The predicted molar refractivity (Wildman–Crippen MR) is 93.8 cm³/mol. The predicted octanol–water partition coefficient (Wildman–Crippen LogP) is 4.29. The molecule has 0 radical (unpaired) electrons. The topological polar surface area (TPSA) is 77.3 Å². The molecule has 6 nitrogen and oxygen atoms in total. The molecule has 0 amide bonds. The number of benzene rings is 2. The molecule has 0 unspecified atom stereocenters. The normalized spacial score (nSPS) is 10.5. The van der Waals surface area contributed by atoms with Crippen LogP contribution in [-0.4, -0.2) is 23.1 Å². The highest BCUT2D eigenvalue weighted by molar-refractivity contribution is 6.30. The van der Waals surface area contributed by atoms with Gasteiger partial charge in [-0.2, -0.15) is 0 Å². The van der Waals surface area contributed by atoms with Gasteiger partial charge in [-0.05, 0) is 42.5 Å². The molecule has 0 spiro atoms. The molecule has 2 aromatic carbocycles. The van der Waals surface area contributed by atoms with Crippen LogP contribution in [0.1, 0.15) is 0 Å². The standard InChI is InChI=1S/C17H14ClN3O3/c18-12-3-5-13(6-4-12)24-11-10-19-15-7-8-16(21(22)23)14-2-1-9-20-17(14)15/h1-9,19H,10-11H2. The summed E-state index contributed by atoms with van der Waals surface area (Å²) in [6, 6.07) is 13.6. The van der Waals surface area contributed by atoms with Gasteiger partial charge in [-0.25, -0.2) is 0 Å². The van der Waals surface area contributed by atoms with Crippen molar-refractivity contribution in [2.24, 2.45) is 0 Å². The number of anilines is 1. The third-order valence-electron chi connectivity index (χ3n) is 3.44. The lowest BCUT2D eigenvalue weighted by Crippen LogP contribution is -2.12. The molecule has 0 aliphatic rings. The number of aromatic nitrogens is 1. The lowest BCUT2D eigenvalue weighted by Gasteiger charge is -2.10. The molecule has 0 aliphatic heterocycles. The van der Waals surface area contributed by atoms with E-state index >= 15 is 0 Å². The van der Waals surface area contributed by atoms with Crippen molar-refractivity contribution in [1.82, 2.24) is 4.98 Å². The van der Waals surface area contributed by atoms with Crippen molar-refractivity contribution in [1.29, 1.82) is 0 Å². The fraction of sp³-hybridized carbons (Fsp3) is 0.118. The van der Waals surface area contributed by atoms with Crippen LogP contribution < -0.4 is 10.1 Å². The van der Waals surface area contributed by atoms with E-state index in [2.05, 4.69) is 10.3 Å². The summed E-state index contributed by atoms with van der Waals surface area (Å²) in [7, 11) is 0. The SMILES string of the molecule is O=[N+]([O-])c1ccc(NCCOc2ccc(Cl)cc2)c2ncccc12. The van der Waals surface area contributed by atoms with E-state index in [-0.39, 0.29) is 5.69 Å². The fourth-order valence-corrected chi connectivity index (χ4v) is 2.47. The number of nitro groups is 1. The second kappa shape index (κ2) is 7.14. The highest BCUT2D eigenvalue weighted by Gasteiger charge is 2.14. The Kier molecular flexibility index (Phi) is 4.77. The molecule has 0 saturated carbocycles. The monoisotopic (exact) mass is 343 g/mol. The van der Waals surface area contributed by atoms with Crippen LogP contribution in [0.25, 0.3) is 10.9 Å². The highest BCUT2D eigenvalue weighted by atomic mass is 35.5. The smallest absolute Gasteiger partial charge is 0.278 e. The summed E-state index contributed by atoms with van der Waals surface area (Å²) >= 11 is 5.82. The van der Waals surface area contributed by atoms with Crippen molar-refractivity contribution in [3.63, 3.8) is 0 Å². The summed E-state index contributed by atoms with van der Waals surface area (Å²) < 4.78 is 5.61. The number of fused-ring (bicyclic) bond motifs is 1. The quantitative estimate of drug-likeness (QED) is 0.410. The van der Waals surface area contributed by atoms with Crippen LogP contribution in [0.2, 0.25) is 5.02 Å². The Labute approximate surface area is 143 Å². The molecule has 0 bridgehead atoms. The molecular weight excluding hydrogens is 330 g/mol. The third kappa shape index (κ3) is 3.55. The van der Waals surface area contributed by atoms with E-state index < -0.39 is 4.92 Å². The molecule has 3 aromatic rings. The van der Waals surface area contributed by atoms with Crippen molar-refractivity contribution in [2.45, 2.75) is 0 Å². The van der Waals surface area contributed by atoms with Crippen molar-refractivity contribution in [3.05, 3.63) is 69.9 Å². The number of halogens is 1. The number of hydrogen-bond donors (Lipinski definition) is 1. The Morgan fingerprint density at radius 2 is 1.96 bits per heavy atom. The Balaban J connectivity index is 1.68. The number of hydrogen-bond acceptors (Lipinski definition) is 5. The van der Waals surface area contributed by atoms with Gasteiger partial charge in [0.2, 0.25) is 0 Å². The van der Waals surface area contributed by atoms with Gasteiger partial charge in [0, 0.05) is 23.8 Å². The number of non-ortho nitro benzene ring substituents is 1. The van der Waals surface area contributed by atoms with E-state index in [4.69, 9.17) is 16.3 Å². The molecule has 0 atom stereocenters. The van der Waals surface area contributed by atoms with E-state index in [1.54, 1.807) is 48.7 Å². The molecule has 0 saturated heterocycles. The van der Waals surface area contributed by atoms with Gasteiger partial charge in [0.25, 0.3) is 5.69 Å². The summed E-state index contributed by atoms with van der Waals surface area (Å²) in [6.07, 6.45) is 1.61. The van der Waals surface area contributed by atoms with Gasteiger partial charge < -0.3 is 10.1 Å². The minimum absolute atomic E-state index is 0.0427. The molecule has 122 valence electrons. The van der Waals surface area contributed by atoms with Gasteiger partial charge in [0.1, 0.15) is 17.9 Å². The molecule has 0 aliphatic carbocycles. The van der Waals surface area contributed by atoms with Crippen LogP contribution in [-0.2, 0) is 0 Å². The molecule has 1 N–H and O–H groups in total. The van der Waals surface area contributed by atoms with Crippen molar-refractivity contribution in [3.8, 4) is 5.75 Å². The van der Waals surface area contributed by atoms with Crippen LogP contribution >= 0.6 is 11.6 Å². The summed E-state index contributed by atoms with van der Waals surface area (Å²) in [5.74, 6) is 0.730. The first kappa shape index (κ1) is 16.0. The zero-order valence-corrected chi connectivity index (χ0v) is 13.4. The van der Waals surface area contributed by atoms with Crippen LogP contribution in [0.4, 0.5) is 11.4 Å². The Morgan fingerprint density at radius 3 is 2.71 bits per heavy atom. The number of ether oxygens (including phenoxy) is 1. The second-order valence-corrected chi connectivity index (χ2v) is 5.45. The van der Waals surface area contributed by atoms with Gasteiger partial charge in [-0.15, -0.1) is 0 Å². The molecule has 24 heavy (non-hydrogen) atoms. The van der Waals surface area contributed by atoms with Crippen LogP contribution in [0, 0.1) is 10.1 Å². The van der Waals surface area contributed by atoms with Crippen molar-refractivity contribution < 1.29 is 9.66 Å². The van der Waals surface area contributed by atoms with Crippen LogP contribution in [0.3, 0.4) is 0 Å². The molecule has 7 heteroatoms. The summed E-state index contributed by atoms with van der Waals surface area (Å²) in [4.78, 5) is 14.9. The lowest BCUT2D eigenvalue weighted by molar-refractivity contribution is -0.383. The summed E-state index contributed by atoms with van der Waals surface area (Å²) in [5, 5.41) is 15.5. The van der Waals surface area contributed by atoms with Gasteiger partial charge in [0.05, 0.1) is 16.0 Å². The van der Waals surface area contributed by atoms with E-state index in [9.17, 15) is 10.1 Å². The number of rotatable bonds is 6. The largest absolute Gasteiger partial charge is 0.492 e. The molecule has 0 fully saturated rings. The first-order chi connectivity index (χ1) is 11.6. The second-order valence-electron chi connectivity index (χ2n) is 5.02. The third-order valence-corrected chi connectivity index (χ3v) is 3.70. The summed E-state index contributed by atoms with van der Waals surface area (Å²) in [6.45, 7) is 0.971. The summed E-state index contributed by atoms with van der Waals surface area (Å²) in [5.41, 5.74) is 1.34. The average Bonchev–Trinajstić information content (AvgIpc) is 2.60. The zero-order chi connectivity index (χ0) is 16.9. The Morgan fingerprint density at radius 1 is 1.17 bits per heavy atom. The zero-order valence-electron chi connectivity index (χ0n) is 12.6. The van der Waals surface area contributed by atoms with Crippen molar-refractivity contribution in [2.75, 3.05) is 18.5 Å². The Bertz CT molecular complexity index is 869. The number of nitrogens with one attached hydrogen (secondary N) is 1. The van der Waals surface area contributed by atoms with Crippen molar-refractivity contribution >= 4 is 33.9 Å². The van der Waals surface area contributed by atoms with Gasteiger partial charge >= 0.3 is 0 Å². The first-order valence-electron chi connectivity index (χ1n) is 7.29. The maximum Gasteiger partial charge on any atom is 0.278 e. The number of pyridine rings is 1. The number of nitrogens with zero attached hydrogens (tertiary/aromatic N) is 2. The van der Waals surface area contributed by atoms with Crippen LogP contribution in [0.5, 0.6) is 5.75 Å². The highest BCUT2D eigenvalue weighted by Crippen LogP contribution is 2.29. The molecular formula is C17H14ClN3O3. The minimum atomic E-state index is -0.405. The lowest BCUT2D eigenvalue weighted by atomic mass is 10.1. The average molecular weight is 344 g/mol. The Hall–Kier alpha value is -2.86. The maximum absolute atomic E-state index is 11.1. The fourth-order valence-electron chi connectivity index (χ4n) is 2.34. The van der Waals surface area contributed by atoms with E-state index in [0.717, 1.165) is 11.4 Å². The molecule has 1 heterocycles. The van der Waals surface area contributed by atoms with E-state index in [1.807, 2.05) is 0 Å². The number of nitro benzene ring substituents is 1.